The highest BCUT2D eigenvalue weighted by atomic mass is 16.5. The molecule has 1 aromatic heterocycles. The number of para-hydroxylation sites is 2. The van der Waals surface area contributed by atoms with Crippen molar-refractivity contribution in [3.8, 4) is 17.1 Å². The summed E-state index contributed by atoms with van der Waals surface area (Å²) in [6, 6.07) is 15.4. The number of hydrogen-bond donors (Lipinski definition) is 1. The van der Waals surface area contributed by atoms with E-state index in [1.54, 1.807) is 4.90 Å². The summed E-state index contributed by atoms with van der Waals surface area (Å²) in [5.74, 6) is 1.72. The van der Waals surface area contributed by atoms with Gasteiger partial charge in [0, 0.05) is 31.5 Å². The minimum absolute atomic E-state index is 0.00515. The Morgan fingerprint density at radius 3 is 2.76 bits per heavy atom. The number of anilines is 1. The second-order valence-corrected chi connectivity index (χ2v) is 8.09. The van der Waals surface area contributed by atoms with Crippen LogP contribution in [0.5, 0.6) is 5.75 Å². The van der Waals surface area contributed by atoms with Crippen molar-refractivity contribution in [1.82, 2.24) is 15.5 Å². The molecule has 0 fully saturated rings. The molecule has 0 saturated carbocycles. The molecular weight excluding hydrogens is 420 g/mol. The Hall–Kier alpha value is -3.68. The van der Waals surface area contributed by atoms with E-state index in [4.69, 9.17) is 9.26 Å². The van der Waals surface area contributed by atoms with Crippen LogP contribution >= 0.6 is 0 Å². The number of rotatable bonds is 10. The number of unbranched alkanes of at least 4 members (excludes halogenated alkanes) is 2. The molecule has 2 heterocycles. The van der Waals surface area contributed by atoms with Crippen LogP contribution < -0.4 is 15.0 Å². The summed E-state index contributed by atoms with van der Waals surface area (Å²) in [6.07, 6.45) is 3.68. The number of fused-ring (bicyclic) bond motifs is 1. The van der Waals surface area contributed by atoms with Crippen LogP contribution in [0.25, 0.3) is 11.4 Å². The first-order valence-electron chi connectivity index (χ1n) is 11.3. The molecule has 0 aliphatic carbocycles. The third kappa shape index (κ3) is 5.97. The number of nitrogens with zero attached hydrogens (tertiary/aromatic N) is 3. The first-order chi connectivity index (χ1) is 16.1. The molecule has 2 aromatic carbocycles. The SMILES string of the molecule is Cc1ccc(-c2noc(CCCCCNC(=O)CCN3C(=O)COc4ccccc43)n2)cc1. The average molecular weight is 449 g/mol. The maximum absolute atomic E-state index is 12.2. The number of ether oxygens (including phenoxy) is 1. The molecule has 0 atom stereocenters. The van der Waals surface area contributed by atoms with Gasteiger partial charge in [-0.2, -0.15) is 4.98 Å². The van der Waals surface area contributed by atoms with E-state index >= 15 is 0 Å². The molecule has 8 heteroatoms. The summed E-state index contributed by atoms with van der Waals surface area (Å²) < 4.78 is 10.8. The summed E-state index contributed by atoms with van der Waals surface area (Å²) >= 11 is 0. The molecule has 0 saturated heterocycles. The van der Waals surface area contributed by atoms with Crippen LogP contribution in [-0.2, 0) is 16.0 Å². The number of benzene rings is 2. The normalized spacial score (nSPS) is 12.9. The molecular formula is C25H28N4O4. The Morgan fingerprint density at radius 1 is 1.09 bits per heavy atom. The van der Waals surface area contributed by atoms with Crippen LogP contribution in [-0.4, -0.2) is 41.7 Å². The molecule has 33 heavy (non-hydrogen) atoms. The zero-order valence-corrected chi connectivity index (χ0v) is 18.8. The topological polar surface area (TPSA) is 97.6 Å². The van der Waals surface area contributed by atoms with E-state index in [0.717, 1.165) is 24.8 Å². The van der Waals surface area contributed by atoms with Gasteiger partial charge in [-0.25, -0.2) is 0 Å². The van der Waals surface area contributed by atoms with Crippen molar-refractivity contribution in [3.05, 3.63) is 60.0 Å². The lowest BCUT2D eigenvalue weighted by Gasteiger charge is -2.29. The van der Waals surface area contributed by atoms with Gasteiger partial charge < -0.3 is 19.5 Å². The van der Waals surface area contributed by atoms with Crippen LogP contribution in [0.1, 0.15) is 37.1 Å². The fraction of sp³-hybridized carbons (Fsp3) is 0.360. The lowest BCUT2D eigenvalue weighted by Crippen LogP contribution is -2.41. The second-order valence-electron chi connectivity index (χ2n) is 8.09. The molecule has 172 valence electrons. The van der Waals surface area contributed by atoms with Gasteiger partial charge in [-0.05, 0) is 31.9 Å². The van der Waals surface area contributed by atoms with Crippen LogP contribution in [0, 0.1) is 6.92 Å². The Morgan fingerprint density at radius 2 is 1.91 bits per heavy atom. The first kappa shape index (κ1) is 22.5. The monoisotopic (exact) mass is 448 g/mol. The number of amides is 2. The van der Waals surface area contributed by atoms with Crippen molar-refractivity contribution in [1.29, 1.82) is 0 Å². The molecule has 3 aromatic rings. The van der Waals surface area contributed by atoms with E-state index in [0.29, 0.717) is 42.7 Å². The zero-order valence-electron chi connectivity index (χ0n) is 18.8. The van der Waals surface area contributed by atoms with E-state index < -0.39 is 0 Å². The van der Waals surface area contributed by atoms with Crippen LogP contribution in [0.3, 0.4) is 0 Å². The van der Waals surface area contributed by atoms with Crippen LogP contribution in [0.4, 0.5) is 5.69 Å². The molecule has 1 N–H and O–H groups in total. The van der Waals surface area contributed by atoms with Crippen molar-refractivity contribution >= 4 is 17.5 Å². The number of nitrogens with one attached hydrogen (secondary N) is 1. The highest BCUT2D eigenvalue weighted by Gasteiger charge is 2.25. The zero-order chi connectivity index (χ0) is 23.0. The van der Waals surface area contributed by atoms with Gasteiger partial charge in [0.25, 0.3) is 5.91 Å². The molecule has 1 aliphatic heterocycles. The molecule has 0 unspecified atom stereocenters. The number of hydrogen-bond acceptors (Lipinski definition) is 6. The van der Waals surface area contributed by atoms with Gasteiger partial charge in [-0.1, -0.05) is 53.5 Å². The van der Waals surface area contributed by atoms with Gasteiger partial charge in [0.1, 0.15) is 5.75 Å². The highest BCUT2D eigenvalue weighted by Crippen LogP contribution is 2.31. The lowest BCUT2D eigenvalue weighted by atomic mass is 10.1. The second kappa shape index (κ2) is 10.8. The third-order valence-electron chi connectivity index (χ3n) is 5.54. The quantitative estimate of drug-likeness (QED) is 0.475. The van der Waals surface area contributed by atoms with Crippen molar-refractivity contribution in [2.75, 3.05) is 24.6 Å². The predicted molar refractivity (Wildman–Crippen MR) is 124 cm³/mol. The molecule has 0 bridgehead atoms. The van der Waals surface area contributed by atoms with Crippen molar-refractivity contribution in [2.24, 2.45) is 0 Å². The number of aryl methyl sites for hydroxylation is 2. The smallest absolute Gasteiger partial charge is 0.265 e. The minimum atomic E-state index is -0.131. The molecule has 4 rings (SSSR count). The van der Waals surface area contributed by atoms with Crippen molar-refractivity contribution < 1.29 is 18.8 Å². The van der Waals surface area contributed by atoms with Gasteiger partial charge in [0.05, 0.1) is 5.69 Å². The van der Waals surface area contributed by atoms with Gasteiger partial charge in [-0.15, -0.1) is 0 Å². The van der Waals surface area contributed by atoms with E-state index in [2.05, 4.69) is 15.5 Å². The van der Waals surface area contributed by atoms with E-state index in [9.17, 15) is 9.59 Å². The maximum Gasteiger partial charge on any atom is 0.265 e. The summed E-state index contributed by atoms with van der Waals surface area (Å²) in [6.45, 7) is 2.99. The molecule has 1 aliphatic rings. The van der Waals surface area contributed by atoms with Gasteiger partial charge >= 0.3 is 0 Å². The fourth-order valence-electron chi connectivity index (χ4n) is 3.68. The van der Waals surface area contributed by atoms with Gasteiger partial charge in [-0.3, -0.25) is 9.59 Å². The minimum Gasteiger partial charge on any atom is -0.482 e. The Balaban J connectivity index is 1.12. The molecule has 0 radical (unpaired) electrons. The fourth-order valence-corrected chi connectivity index (χ4v) is 3.68. The molecule has 8 nitrogen and oxygen atoms in total. The Labute approximate surface area is 192 Å². The number of carbonyl (C=O) groups is 2. The summed E-state index contributed by atoms with van der Waals surface area (Å²) in [5.41, 5.74) is 2.85. The third-order valence-corrected chi connectivity index (χ3v) is 5.54. The molecule has 0 spiro atoms. The number of carbonyl (C=O) groups excluding carboxylic acids is 2. The van der Waals surface area contributed by atoms with Crippen LogP contribution in [0.15, 0.2) is 53.1 Å². The van der Waals surface area contributed by atoms with Crippen molar-refractivity contribution in [2.45, 2.75) is 39.0 Å². The van der Waals surface area contributed by atoms with E-state index in [1.807, 2.05) is 55.5 Å². The molecule has 2 amide bonds. The highest BCUT2D eigenvalue weighted by molar-refractivity contribution is 5.98. The Kier molecular flexibility index (Phi) is 7.34. The summed E-state index contributed by atoms with van der Waals surface area (Å²) in [5, 5.41) is 6.98. The van der Waals surface area contributed by atoms with Gasteiger partial charge in [0.15, 0.2) is 6.61 Å². The number of aromatic nitrogens is 2. The van der Waals surface area contributed by atoms with E-state index in [-0.39, 0.29) is 24.8 Å². The summed E-state index contributed by atoms with van der Waals surface area (Å²) in [7, 11) is 0. The van der Waals surface area contributed by atoms with Crippen LogP contribution in [0.2, 0.25) is 0 Å². The summed E-state index contributed by atoms with van der Waals surface area (Å²) in [4.78, 5) is 30.4. The average Bonchev–Trinajstić information content (AvgIpc) is 3.30. The largest absolute Gasteiger partial charge is 0.482 e. The van der Waals surface area contributed by atoms with E-state index in [1.165, 1.54) is 5.56 Å². The Bertz CT molecular complexity index is 1090. The van der Waals surface area contributed by atoms with Crippen molar-refractivity contribution in [3.63, 3.8) is 0 Å². The first-order valence-corrected chi connectivity index (χ1v) is 11.3. The van der Waals surface area contributed by atoms with Gasteiger partial charge in [0.2, 0.25) is 17.6 Å². The predicted octanol–water partition coefficient (Wildman–Crippen LogP) is 3.69. The maximum atomic E-state index is 12.2. The lowest BCUT2D eigenvalue weighted by molar-refractivity contribution is -0.122. The standard InChI is InChI=1S/C25H28N4O4/c1-18-10-12-19(13-11-18)25-27-23(33-28-25)9-3-2-6-15-26-22(30)14-16-29-20-7-4-5-8-21(20)32-17-24(29)31/h4-5,7-8,10-13H,2-3,6,9,14-17H2,1H3,(H,26,30).